The Morgan fingerprint density at radius 1 is 0.918 bits per heavy atom. The minimum atomic E-state index is -6.05. The molecule has 49 heavy (non-hydrogen) atoms. The van der Waals surface area contributed by atoms with Gasteiger partial charge < -0.3 is 19.9 Å². The first-order chi connectivity index (χ1) is 22.7. The summed E-state index contributed by atoms with van der Waals surface area (Å²) < 4.78 is 78.4. The van der Waals surface area contributed by atoms with Crippen LogP contribution in [-0.2, 0) is 31.5 Å². The standard InChI is InChI=1S/C32H30F4N4O7S2/c1-17(30(43)44)39-28(41)23(40-29(42)25-11-12-26(48-25)31(2,3)4)13-18-5-7-19(8-6-18)27-37-15-21(16-38-27)20-9-10-24(22(33)14-20)47-49(45,46)32(34,35)36/h5-12,14-17,23H,13H2,1-4H3,(H,39,41)(H,40,42)(H,43,44)/t17-,23+/m1/s1. The number of thiophene rings is 1. The van der Waals surface area contributed by atoms with E-state index in [4.69, 9.17) is 0 Å². The third-order valence-corrected chi connectivity index (χ3v) is 9.45. The maximum atomic E-state index is 14.4. The highest BCUT2D eigenvalue weighted by Crippen LogP contribution is 2.32. The lowest BCUT2D eigenvalue weighted by atomic mass is 9.95. The van der Waals surface area contributed by atoms with Crippen LogP contribution >= 0.6 is 11.3 Å². The van der Waals surface area contributed by atoms with E-state index >= 15 is 0 Å². The molecule has 2 atom stereocenters. The van der Waals surface area contributed by atoms with Crippen LogP contribution in [0.15, 0.2) is 67.0 Å². The number of carbonyl (C=O) groups is 3. The molecular weight excluding hydrogens is 692 g/mol. The summed E-state index contributed by atoms with van der Waals surface area (Å²) in [5.74, 6) is -4.64. The summed E-state index contributed by atoms with van der Waals surface area (Å²) in [6, 6.07) is 10.5. The van der Waals surface area contributed by atoms with Crippen molar-refractivity contribution in [2.24, 2.45) is 0 Å². The average Bonchev–Trinajstić information content (AvgIpc) is 3.53. The van der Waals surface area contributed by atoms with Gasteiger partial charge in [-0.25, -0.2) is 14.4 Å². The molecule has 0 spiro atoms. The van der Waals surface area contributed by atoms with Crippen LogP contribution in [0.3, 0.4) is 0 Å². The fourth-order valence-electron chi connectivity index (χ4n) is 4.24. The van der Waals surface area contributed by atoms with E-state index < -0.39 is 57.1 Å². The van der Waals surface area contributed by atoms with E-state index in [1.807, 2.05) is 26.8 Å². The van der Waals surface area contributed by atoms with Crippen LogP contribution in [0.5, 0.6) is 5.75 Å². The van der Waals surface area contributed by atoms with E-state index in [0.29, 0.717) is 16.0 Å². The number of carboxylic acids is 1. The molecule has 0 fully saturated rings. The molecule has 0 unspecified atom stereocenters. The number of carbonyl (C=O) groups excluding carboxylic acids is 2. The first kappa shape index (κ1) is 36.9. The van der Waals surface area contributed by atoms with Gasteiger partial charge in [-0.1, -0.05) is 51.1 Å². The number of amides is 2. The second-order valence-electron chi connectivity index (χ2n) is 11.8. The first-order valence-electron chi connectivity index (χ1n) is 14.4. The van der Waals surface area contributed by atoms with E-state index in [1.165, 1.54) is 30.7 Å². The molecular formula is C32H30F4N4O7S2. The Balaban J connectivity index is 1.49. The van der Waals surface area contributed by atoms with Crippen molar-refractivity contribution in [1.29, 1.82) is 0 Å². The highest BCUT2D eigenvalue weighted by molar-refractivity contribution is 7.88. The first-order valence-corrected chi connectivity index (χ1v) is 16.6. The van der Waals surface area contributed by atoms with Gasteiger partial charge in [0, 0.05) is 34.8 Å². The molecule has 2 heterocycles. The molecule has 0 aliphatic carbocycles. The van der Waals surface area contributed by atoms with Crippen LogP contribution in [0.1, 0.15) is 47.8 Å². The molecule has 0 radical (unpaired) electrons. The van der Waals surface area contributed by atoms with Gasteiger partial charge in [-0.05, 0) is 47.7 Å². The lowest BCUT2D eigenvalue weighted by Crippen LogP contribution is -2.51. The topological polar surface area (TPSA) is 165 Å². The molecule has 0 aliphatic rings. The maximum absolute atomic E-state index is 14.4. The summed E-state index contributed by atoms with van der Waals surface area (Å²) >= 11 is 1.29. The van der Waals surface area contributed by atoms with E-state index in [1.54, 1.807) is 30.3 Å². The average molecular weight is 723 g/mol. The molecule has 0 saturated carbocycles. The van der Waals surface area contributed by atoms with Gasteiger partial charge in [-0.15, -0.1) is 11.3 Å². The third-order valence-electron chi connectivity index (χ3n) is 6.97. The highest BCUT2D eigenvalue weighted by atomic mass is 32.2. The fraction of sp³-hybridized carbons (Fsp3) is 0.281. The Kier molecular flexibility index (Phi) is 10.8. The van der Waals surface area contributed by atoms with Gasteiger partial charge in [0.25, 0.3) is 5.91 Å². The van der Waals surface area contributed by atoms with Gasteiger partial charge in [0.15, 0.2) is 17.4 Å². The van der Waals surface area contributed by atoms with Crippen molar-refractivity contribution in [2.45, 2.75) is 57.1 Å². The second kappa shape index (κ2) is 14.3. The van der Waals surface area contributed by atoms with Crippen LogP contribution in [0.2, 0.25) is 0 Å². The Morgan fingerprint density at radius 2 is 1.53 bits per heavy atom. The van der Waals surface area contributed by atoms with E-state index in [-0.39, 0.29) is 28.8 Å². The number of aliphatic carboxylic acids is 1. The SMILES string of the molecule is C[C@@H](NC(=O)[C@H](Cc1ccc(-c2ncc(-c3ccc(OS(=O)(=O)C(F)(F)F)c(F)c3)cn2)cc1)NC(=O)c1ccc(C(C)(C)C)s1)C(=O)O. The monoisotopic (exact) mass is 722 g/mol. The number of hydrogen-bond acceptors (Lipinski definition) is 9. The quantitative estimate of drug-likeness (QED) is 0.104. The van der Waals surface area contributed by atoms with Crippen LogP contribution in [0.25, 0.3) is 22.5 Å². The molecule has 2 aromatic carbocycles. The summed E-state index contributed by atoms with van der Waals surface area (Å²) in [7, 11) is -6.05. The predicted octanol–water partition coefficient (Wildman–Crippen LogP) is 5.47. The summed E-state index contributed by atoms with van der Waals surface area (Å²) in [5.41, 5.74) is -4.34. The van der Waals surface area contributed by atoms with Gasteiger partial charge in [0.05, 0.1) is 4.88 Å². The maximum Gasteiger partial charge on any atom is 0.534 e. The van der Waals surface area contributed by atoms with Crippen LogP contribution < -0.4 is 14.8 Å². The third kappa shape index (κ3) is 9.17. The Labute approximate surface area is 282 Å². The smallest absolute Gasteiger partial charge is 0.480 e. The number of nitrogens with zero attached hydrogens (tertiary/aromatic N) is 2. The zero-order valence-corrected chi connectivity index (χ0v) is 28.0. The molecule has 0 saturated heterocycles. The zero-order chi connectivity index (χ0) is 36.3. The molecule has 11 nitrogen and oxygen atoms in total. The highest BCUT2D eigenvalue weighted by Gasteiger charge is 2.49. The summed E-state index contributed by atoms with van der Waals surface area (Å²) in [6.07, 6.45) is 2.68. The van der Waals surface area contributed by atoms with Crippen molar-refractivity contribution in [2.75, 3.05) is 0 Å². The predicted molar refractivity (Wildman–Crippen MR) is 172 cm³/mol. The number of hydrogen-bond donors (Lipinski definition) is 3. The number of rotatable bonds is 11. The number of nitrogens with one attached hydrogen (secondary N) is 2. The van der Waals surface area contributed by atoms with Gasteiger partial charge in [-0.3, -0.25) is 14.4 Å². The van der Waals surface area contributed by atoms with Gasteiger partial charge in [-0.2, -0.15) is 21.6 Å². The van der Waals surface area contributed by atoms with E-state index in [0.717, 1.165) is 23.1 Å². The minimum absolute atomic E-state index is 0.0248. The van der Waals surface area contributed by atoms with Crippen molar-refractivity contribution in [1.82, 2.24) is 20.6 Å². The summed E-state index contributed by atoms with van der Waals surface area (Å²) in [5, 5.41) is 14.4. The van der Waals surface area contributed by atoms with Gasteiger partial charge in [0.1, 0.15) is 12.1 Å². The van der Waals surface area contributed by atoms with Crippen molar-refractivity contribution in [3.05, 3.63) is 88.1 Å². The molecule has 2 amide bonds. The Bertz CT molecular complexity index is 1960. The van der Waals surface area contributed by atoms with Crippen molar-refractivity contribution in [3.63, 3.8) is 0 Å². The summed E-state index contributed by atoms with van der Waals surface area (Å²) in [4.78, 5) is 47.4. The molecule has 260 valence electrons. The minimum Gasteiger partial charge on any atom is -0.480 e. The summed E-state index contributed by atoms with van der Waals surface area (Å²) in [6.45, 7) is 7.33. The number of benzene rings is 2. The Morgan fingerprint density at radius 3 is 2.06 bits per heavy atom. The van der Waals surface area contributed by atoms with Crippen molar-refractivity contribution >= 4 is 39.2 Å². The van der Waals surface area contributed by atoms with E-state index in [9.17, 15) is 45.5 Å². The van der Waals surface area contributed by atoms with Crippen LogP contribution in [0.4, 0.5) is 17.6 Å². The number of carboxylic acid groups (broad SMARTS) is 1. The molecule has 3 N–H and O–H groups in total. The van der Waals surface area contributed by atoms with Gasteiger partial charge >= 0.3 is 21.6 Å². The second-order valence-corrected chi connectivity index (χ2v) is 14.5. The molecule has 17 heteroatoms. The van der Waals surface area contributed by atoms with Crippen LogP contribution in [0, 0.1) is 5.82 Å². The van der Waals surface area contributed by atoms with Crippen molar-refractivity contribution < 1.29 is 49.7 Å². The molecule has 0 bridgehead atoms. The van der Waals surface area contributed by atoms with E-state index in [2.05, 4.69) is 24.8 Å². The fourth-order valence-corrected chi connectivity index (χ4v) is 5.68. The molecule has 4 aromatic rings. The van der Waals surface area contributed by atoms with Gasteiger partial charge in [0.2, 0.25) is 5.91 Å². The number of aromatic nitrogens is 2. The number of halogens is 4. The molecule has 2 aromatic heterocycles. The lowest BCUT2D eigenvalue weighted by Gasteiger charge is -2.20. The molecule has 4 rings (SSSR count). The normalized spacial score (nSPS) is 13.3. The molecule has 0 aliphatic heterocycles. The number of alkyl halides is 3. The van der Waals surface area contributed by atoms with Crippen LogP contribution in [-0.4, -0.2) is 58.9 Å². The zero-order valence-electron chi connectivity index (χ0n) is 26.3. The lowest BCUT2D eigenvalue weighted by molar-refractivity contribution is -0.141. The Hall–Kier alpha value is -4.90. The largest absolute Gasteiger partial charge is 0.534 e. The van der Waals surface area contributed by atoms with Crippen molar-refractivity contribution in [3.8, 4) is 28.3 Å².